The Morgan fingerprint density at radius 1 is 1.24 bits per heavy atom. The van der Waals surface area contributed by atoms with Gasteiger partial charge in [-0.15, -0.1) is 11.8 Å². The van der Waals surface area contributed by atoms with Crippen LogP contribution in [0.4, 0.5) is 5.69 Å². The van der Waals surface area contributed by atoms with Gasteiger partial charge >= 0.3 is 0 Å². The van der Waals surface area contributed by atoms with Crippen LogP contribution in [0, 0.1) is 0 Å². The number of anilines is 1. The molecule has 3 rings (SSSR count). The molecule has 3 heteroatoms. The smallest absolute Gasteiger partial charge is 0.0723 e. The summed E-state index contributed by atoms with van der Waals surface area (Å²) in [5, 5.41) is 5.59. The Hall–Kier alpha value is -0.930. The van der Waals surface area contributed by atoms with Crippen molar-refractivity contribution in [2.75, 3.05) is 23.9 Å². The maximum Gasteiger partial charge on any atom is 0.0723 e. The van der Waals surface area contributed by atoms with Gasteiger partial charge in [0.1, 0.15) is 0 Å². The molecule has 90 valence electrons. The summed E-state index contributed by atoms with van der Waals surface area (Å²) >= 11 is 1.85. The first kappa shape index (κ1) is 11.2. The maximum absolute atomic E-state index is 3.43. The largest absolute Gasteiger partial charge is 0.337 e. The summed E-state index contributed by atoms with van der Waals surface area (Å²) in [5.74, 6) is 1.80. The predicted molar refractivity (Wildman–Crippen MR) is 75.4 cm³/mol. The highest BCUT2D eigenvalue weighted by atomic mass is 32.2. The summed E-state index contributed by atoms with van der Waals surface area (Å²) in [6.07, 6.45) is 4.72. The summed E-state index contributed by atoms with van der Waals surface area (Å²) in [6.45, 7) is 2.32. The van der Waals surface area contributed by atoms with E-state index in [1.165, 1.54) is 24.1 Å². The van der Waals surface area contributed by atoms with Crippen LogP contribution in [-0.4, -0.2) is 19.0 Å². The zero-order chi connectivity index (χ0) is 11.5. The first-order valence-electron chi connectivity index (χ1n) is 6.29. The van der Waals surface area contributed by atoms with Crippen molar-refractivity contribution in [3.05, 3.63) is 41.4 Å². The summed E-state index contributed by atoms with van der Waals surface area (Å²) in [5.41, 5.74) is 2.84. The minimum atomic E-state index is 0.746. The van der Waals surface area contributed by atoms with Crippen molar-refractivity contribution in [3.63, 3.8) is 0 Å². The lowest BCUT2D eigenvalue weighted by Gasteiger charge is -2.24. The molecule has 0 saturated carbocycles. The molecule has 2 aliphatic heterocycles. The highest BCUT2D eigenvalue weighted by Crippen LogP contribution is 2.30. The van der Waals surface area contributed by atoms with Gasteiger partial charge in [-0.1, -0.05) is 12.1 Å². The van der Waals surface area contributed by atoms with Crippen molar-refractivity contribution in [1.29, 1.82) is 0 Å². The fourth-order valence-corrected chi connectivity index (χ4v) is 3.27. The molecule has 0 bridgehead atoms. The molecule has 2 heterocycles. The molecule has 1 fully saturated rings. The van der Waals surface area contributed by atoms with Crippen LogP contribution in [0.1, 0.15) is 24.3 Å². The third-order valence-electron chi connectivity index (χ3n) is 3.56. The van der Waals surface area contributed by atoms with Crippen molar-refractivity contribution in [3.8, 4) is 0 Å². The summed E-state index contributed by atoms with van der Waals surface area (Å²) in [4.78, 5) is 2.31. The second-order valence-electron chi connectivity index (χ2n) is 4.67. The second kappa shape index (κ2) is 5.15. The standard InChI is InChI=1S/C14H18N2S/c1-2-13(12-4-6-15-7-5-12)10-14(3-1)16-8-9-17-11-16/h1-3,8-10,12,15H,4-7,11H2. The first-order valence-corrected chi connectivity index (χ1v) is 7.34. The normalized spacial score (nSPS) is 21.1. The number of nitrogens with zero attached hydrogens (tertiary/aromatic N) is 1. The average molecular weight is 246 g/mol. The zero-order valence-corrected chi connectivity index (χ0v) is 10.7. The lowest BCUT2D eigenvalue weighted by atomic mass is 9.90. The van der Waals surface area contributed by atoms with Crippen LogP contribution in [0.15, 0.2) is 35.9 Å². The lowest BCUT2D eigenvalue weighted by molar-refractivity contribution is 0.460. The van der Waals surface area contributed by atoms with E-state index in [0.717, 1.165) is 24.9 Å². The Bertz CT molecular complexity index is 410. The number of rotatable bonds is 2. The summed E-state index contributed by atoms with van der Waals surface area (Å²) in [7, 11) is 0. The Kier molecular flexibility index (Phi) is 3.39. The third-order valence-corrected chi connectivity index (χ3v) is 4.30. The zero-order valence-electron chi connectivity index (χ0n) is 9.93. The van der Waals surface area contributed by atoms with Crippen LogP contribution in [-0.2, 0) is 0 Å². The number of benzene rings is 1. The number of piperidine rings is 1. The van der Waals surface area contributed by atoms with Crippen LogP contribution in [0.2, 0.25) is 0 Å². The Labute approximate surface area is 107 Å². The Morgan fingerprint density at radius 3 is 2.88 bits per heavy atom. The van der Waals surface area contributed by atoms with Crippen molar-refractivity contribution in [1.82, 2.24) is 5.32 Å². The van der Waals surface area contributed by atoms with E-state index in [0.29, 0.717) is 0 Å². The van der Waals surface area contributed by atoms with E-state index in [1.807, 2.05) is 11.8 Å². The van der Waals surface area contributed by atoms with Gasteiger partial charge in [-0.05, 0) is 55.0 Å². The van der Waals surface area contributed by atoms with Crippen molar-refractivity contribution >= 4 is 17.4 Å². The van der Waals surface area contributed by atoms with Gasteiger partial charge in [-0.2, -0.15) is 0 Å². The van der Waals surface area contributed by atoms with E-state index in [9.17, 15) is 0 Å². The number of hydrogen-bond acceptors (Lipinski definition) is 3. The molecule has 17 heavy (non-hydrogen) atoms. The van der Waals surface area contributed by atoms with Crippen LogP contribution in [0.25, 0.3) is 0 Å². The minimum absolute atomic E-state index is 0.746. The van der Waals surface area contributed by atoms with Gasteiger partial charge in [0, 0.05) is 11.9 Å². The van der Waals surface area contributed by atoms with Gasteiger partial charge in [-0.25, -0.2) is 0 Å². The van der Waals surface area contributed by atoms with E-state index in [4.69, 9.17) is 0 Å². The molecule has 0 radical (unpaired) electrons. The van der Waals surface area contributed by atoms with Crippen LogP contribution < -0.4 is 10.2 Å². The molecular weight excluding hydrogens is 228 g/mol. The second-order valence-corrected chi connectivity index (χ2v) is 5.53. The number of thioether (sulfide) groups is 1. The third kappa shape index (κ3) is 2.50. The fraction of sp³-hybridized carbons (Fsp3) is 0.429. The highest BCUT2D eigenvalue weighted by molar-refractivity contribution is 8.02. The lowest BCUT2D eigenvalue weighted by Crippen LogP contribution is -2.26. The van der Waals surface area contributed by atoms with E-state index in [2.05, 4.69) is 46.1 Å². The Morgan fingerprint density at radius 2 is 2.12 bits per heavy atom. The van der Waals surface area contributed by atoms with Crippen LogP contribution >= 0.6 is 11.8 Å². The van der Waals surface area contributed by atoms with E-state index in [1.54, 1.807) is 0 Å². The molecule has 1 aromatic carbocycles. The molecule has 1 saturated heterocycles. The van der Waals surface area contributed by atoms with Crippen molar-refractivity contribution < 1.29 is 0 Å². The predicted octanol–water partition coefficient (Wildman–Crippen LogP) is 3.14. The molecule has 0 unspecified atom stereocenters. The summed E-state index contributed by atoms with van der Waals surface area (Å²) in [6, 6.07) is 9.06. The minimum Gasteiger partial charge on any atom is -0.337 e. The Balaban J connectivity index is 1.80. The van der Waals surface area contributed by atoms with Gasteiger partial charge in [0.25, 0.3) is 0 Å². The van der Waals surface area contributed by atoms with Crippen LogP contribution in [0.3, 0.4) is 0 Å². The van der Waals surface area contributed by atoms with E-state index < -0.39 is 0 Å². The quantitative estimate of drug-likeness (QED) is 0.863. The van der Waals surface area contributed by atoms with E-state index >= 15 is 0 Å². The summed E-state index contributed by atoms with van der Waals surface area (Å²) < 4.78 is 0. The molecule has 0 spiro atoms. The van der Waals surface area contributed by atoms with Gasteiger partial charge in [0.15, 0.2) is 0 Å². The number of hydrogen-bond donors (Lipinski definition) is 1. The topological polar surface area (TPSA) is 15.3 Å². The average Bonchev–Trinajstić information content (AvgIpc) is 2.94. The first-order chi connectivity index (χ1) is 8.43. The highest BCUT2D eigenvalue weighted by Gasteiger charge is 2.16. The van der Waals surface area contributed by atoms with Crippen molar-refractivity contribution in [2.24, 2.45) is 0 Å². The molecule has 0 atom stereocenters. The molecule has 2 nitrogen and oxygen atoms in total. The molecule has 0 aliphatic carbocycles. The molecule has 1 N–H and O–H groups in total. The molecule has 2 aliphatic rings. The van der Waals surface area contributed by atoms with Gasteiger partial charge in [0.05, 0.1) is 5.88 Å². The van der Waals surface area contributed by atoms with Crippen LogP contribution in [0.5, 0.6) is 0 Å². The monoisotopic (exact) mass is 246 g/mol. The fourth-order valence-electron chi connectivity index (χ4n) is 2.56. The maximum atomic E-state index is 3.43. The molecule has 1 aromatic rings. The molecule has 0 aromatic heterocycles. The van der Waals surface area contributed by atoms with Gasteiger partial charge < -0.3 is 10.2 Å². The van der Waals surface area contributed by atoms with Gasteiger partial charge in [0.2, 0.25) is 0 Å². The molecule has 0 amide bonds. The van der Waals surface area contributed by atoms with Crippen molar-refractivity contribution in [2.45, 2.75) is 18.8 Å². The van der Waals surface area contributed by atoms with Gasteiger partial charge in [-0.3, -0.25) is 0 Å². The van der Waals surface area contributed by atoms with E-state index in [-0.39, 0.29) is 0 Å². The SMILES string of the molecule is C1=CN(c2cccc(C3CCNCC3)c2)CS1. The molecular formula is C14H18N2S. The number of nitrogens with one attached hydrogen (secondary N) is 1.